The summed E-state index contributed by atoms with van der Waals surface area (Å²) in [6, 6.07) is 0. The number of hydrogen-bond acceptors (Lipinski definition) is 12. The number of esters is 2. The highest BCUT2D eigenvalue weighted by Crippen LogP contribution is 2.43. The SMILES string of the molecule is CCCCC[C@H](O)/C=C/[C@H]1C(=O)C[C@H](O)[C@@H]1CCCCCCC(=O)O[C@H](COC(=O)CCCCCCCCCCCCCCCCCCCCC(C)C)COP(=O)(O)OC[C@@H](O)CO. The Kier molecular flexibility index (Phi) is 37.0. The lowest BCUT2D eigenvalue weighted by Gasteiger charge is -2.20. The normalized spacial score (nSPS) is 19.0. The number of aliphatic hydroxyl groups excluding tert-OH is 4. The zero-order valence-corrected chi connectivity index (χ0v) is 41.3. The Morgan fingerprint density at radius 1 is 0.688 bits per heavy atom. The van der Waals surface area contributed by atoms with Gasteiger partial charge < -0.3 is 34.8 Å². The molecule has 0 aromatic rings. The van der Waals surface area contributed by atoms with Gasteiger partial charge in [0.25, 0.3) is 0 Å². The number of Topliss-reactive ketones (excluding diaryl/α,β-unsaturated/α-hetero) is 1. The molecular formula is C50H93O13P. The molecule has 1 rings (SSSR count). The van der Waals surface area contributed by atoms with Gasteiger partial charge >= 0.3 is 19.8 Å². The van der Waals surface area contributed by atoms with E-state index in [2.05, 4.69) is 20.8 Å². The van der Waals surface area contributed by atoms with Gasteiger partial charge in [0.2, 0.25) is 0 Å². The molecule has 13 nitrogen and oxygen atoms in total. The molecule has 0 aromatic carbocycles. The first-order valence-electron chi connectivity index (χ1n) is 25.6. The molecule has 1 saturated carbocycles. The number of hydrogen-bond donors (Lipinski definition) is 5. The Morgan fingerprint density at radius 3 is 1.70 bits per heavy atom. The fourth-order valence-corrected chi connectivity index (χ4v) is 9.05. The fourth-order valence-electron chi connectivity index (χ4n) is 8.26. The maximum atomic E-state index is 12.8. The highest BCUT2D eigenvalue weighted by Gasteiger charge is 2.39. The van der Waals surface area contributed by atoms with Crippen LogP contribution in [-0.2, 0) is 37.5 Å². The predicted molar refractivity (Wildman–Crippen MR) is 252 cm³/mol. The molecule has 0 heterocycles. The van der Waals surface area contributed by atoms with Crippen molar-refractivity contribution in [3.8, 4) is 0 Å². The standard InChI is InChI=1S/C50H93O13P/c1-4-5-24-30-42(52)34-35-46-45(47(54)36-48(46)55)31-26-22-23-28-33-50(57)63-44(40-62-64(58,59)61-38-43(53)37-51)39-60-49(56)32-27-21-19-17-15-13-11-9-7-6-8-10-12-14-16-18-20-25-29-41(2)3/h34-35,41-47,51-54H,4-33,36-40H2,1-3H3,(H,58,59)/b35-34+/t42-,43-,44+,45+,46+,47-/m0/s1. The minimum Gasteiger partial charge on any atom is -0.462 e. The van der Waals surface area contributed by atoms with E-state index in [0.29, 0.717) is 32.1 Å². The van der Waals surface area contributed by atoms with Crippen LogP contribution in [0.2, 0.25) is 0 Å². The van der Waals surface area contributed by atoms with Crippen molar-refractivity contribution >= 4 is 25.5 Å². The molecule has 0 aliphatic heterocycles. The van der Waals surface area contributed by atoms with Crippen LogP contribution in [0.25, 0.3) is 0 Å². The molecular weight excluding hydrogens is 840 g/mol. The molecule has 14 heteroatoms. The van der Waals surface area contributed by atoms with Gasteiger partial charge in [0.05, 0.1) is 32.0 Å². The van der Waals surface area contributed by atoms with Gasteiger partial charge in [0.15, 0.2) is 6.10 Å². The summed E-state index contributed by atoms with van der Waals surface area (Å²) in [6.45, 7) is 4.40. The topological polar surface area (TPSA) is 206 Å². The van der Waals surface area contributed by atoms with Gasteiger partial charge in [-0.25, -0.2) is 4.57 Å². The summed E-state index contributed by atoms with van der Waals surface area (Å²) in [5.41, 5.74) is 0. The molecule has 5 N–H and O–H groups in total. The number of unbranched alkanes of at least 4 members (excludes halogenated alkanes) is 22. The van der Waals surface area contributed by atoms with Crippen molar-refractivity contribution in [2.75, 3.05) is 26.4 Å². The highest BCUT2D eigenvalue weighted by atomic mass is 31.2. The number of aliphatic hydroxyl groups is 4. The molecule has 0 bridgehead atoms. The van der Waals surface area contributed by atoms with Gasteiger partial charge in [-0.05, 0) is 37.5 Å². The van der Waals surface area contributed by atoms with Crippen LogP contribution >= 0.6 is 7.82 Å². The molecule has 0 radical (unpaired) electrons. The Hall–Kier alpha value is -1.70. The van der Waals surface area contributed by atoms with Crippen LogP contribution in [0.5, 0.6) is 0 Å². The molecule has 7 atom stereocenters. The summed E-state index contributed by atoms with van der Waals surface area (Å²) < 4.78 is 32.9. The molecule has 1 unspecified atom stereocenters. The maximum Gasteiger partial charge on any atom is 0.472 e. The number of phosphoric ester groups is 1. The average molecular weight is 933 g/mol. The lowest BCUT2D eigenvalue weighted by atomic mass is 9.88. The zero-order valence-electron chi connectivity index (χ0n) is 40.4. The van der Waals surface area contributed by atoms with E-state index < -0.39 is 69.9 Å². The highest BCUT2D eigenvalue weighted by molar-refractivity contribution is 7.47. The average Bonchev–Trinajstić information content (AvgIpc) is 3.53. The monoisotopic (exact) mass is 933 g/mol. The minimum absolute atomic E-state index is 0.0147. The van der Waals surface area contributed by atoms with Crippen molar-refractivity contribution in [1.29, 1.82) is 0 Å². The lowest BCUT2D eigenvalue weighted by molar-refractivity contribution is -0.161. The molecule has 0 spiro atoms. The Bertz CT molecular complexity index is 1250. The van der Waals surface area contributed by atoms with Crippen LogP contribution in [0.3, 0.4) is 0 Å². The molecule has 0 saturated heterocycles. The van der Waals surface area contributed by atoms with E-state index in [9.17, 15) is 39.2 Å². The Labute approximate surface area is 387 Å². The molecule has 0 amide bonds. The van der Waals surface area contributed by atoms with E-state index in [0.717, 1.165) is 57.3 Å². The molecule has 1 aliphatic carbocycles. The maximum absolute atomic E-state index is 12.8. The Balaban J connectivity index is 2.32. The largest absolute Gasteiger partial charge is 0.472 e. The number of rotatable bonds is 44. The van der Waals surface area contributed by atoms with E-state index in [-0.39, 0.29) is 37.6 Å². The van der Waals surface area contributed by atoms with Gasteiger partial charge in [-0.15, -0.1) is 0 Å². The number of carbonyl (C=O) groups is 3. The van der Waals surface area contributed by atoms with Crippen LogP contribution in [0.15, 0.2) is 12.2 Å². The number of ketones is 1. The van der Waals surface area contributed by atoms with Crippen molar-refractivity contribution in [3.63, 3.8) is 0 Å². The van der Waals surface area contributed by atoms with E-state index in [4.69, 9.17) is 23.6 Å². The molecule has 64 heavy (non-hydrogen) atoms. The number of carbonyl (C=O) groups excluding carboxylic acids is 3. The minimum atomic E-state index is -4.69. The van der Waals surface area contributed by atoms with Crippen LogP contribution < -0.4 is 0 Å². The van der Waals surface area contributed by atoms with Crippen molar-refractivity contribution in [1.82, 2.24) is 0 Å². The van der Waals surface area contributed by atoms with E-state index in [1.807, 2.05) is 0 Å². The first-order chi connectivity index (χ1) is 30.8. The van der Waals surface area contributed by atoms with Gasteiger partial charge in [-0.2, -0.15) is 0 Å². The van der Waals surface area contributed by atoms with Crippen molar-refractivity contribution < 1.29 is 62.8 Å². The summed E-state index contributed by atoms with van der Waals surface area (Å²) in [7, 11) is -4.69. The van der Waals surface area contributed by atoms with Gasteiger partial charge in [0, 0.05) is 25.2 Å². The van der Waals surface area contributed by atoms with Crippen molar-refractivity contribution in [2.24, 2.45) is 17.8 Å². The van der Waals surface area contributed by atoms with Crippen molar-refractivity contribution in [3.05, 3.63) is 12.2 Å². The fraction of sp³-hybridized carbons (Fsp3) is 0.900. The first-order valence-corrected chi connectivity index (χ1v) is 27.1. The molecule has 1 aliphatic rings. The quantitative estimate of drug-likeness (QED) is 0.0167. The van der Waals surface area contributed by atoms with Crippen molar-refractivity contribution in [2.45, 2.75) is 244 Å². The number of phosphoric acid groups is 1. The van der Waals surface area contributed by atoms with Gasteiger partial charge in [-0.1, -0.05) is 187 Å². The van der Waals surface area contributed by atoms with Crippen LogP contribution in [0.1, 0.15) is 220 Å². The lowest BCUT2D eigenvalue weighted by Crippen LogP contribution is -2.29. The molecule has 1 fully saturated rings. The number of allylic oxidation sites excluding steroid dienone is 1. The smallest absolute Gasteiger partial charge is 0.462 e. The van der Waals surface area contributed by atoms with Crippen LogP contribution in [-0.4, -0.2) is 93.9 Å². The molecule has 376 valence electrons. The summed E-state index contributed by atoms with van der Waals surface area (Å²) in [4.78, 5) is 47.9. The van der Waals surface area contributed by atoms with E-state index in [1.54, 1.807) is 12.2 Å². The third-order valence-corrected chi connectivity index (χ3v) is 13.2. The predicted octanol–water partition coefficient (Wildman–Crippen LogP) is 10.8. The summed E-state index contributed by atoms with van der Waals surface area (Å²) >= 11 is 0. The molecule has 0 aromatic heterocycles. The van der Waals surface area contributed by atoms with Gasteiger partial charge in [0.1, 0.15) is 18.5 Å². The first kappa shape index (κ1) is 60.3. The third kappa shape index (κ3) is 33.7. The summed E-state index contributed by atoms with van der Waals surface area (Å²) in [5.74, 6) is -0.878. The second kappa shape index (κ2) is 39.3. The van der Waals surface area contributed by atoms with Gasteiger partial charge in [-0.3, -0.25) is 23.4 Å². The number of ether oxygens (including phenoxy) is 2. The van der Waals surface area contributed by atoms with E-state index in [1.165, 1.54) is 96.3 Å². The summed E-state index contributed by atoms with van der Waals surface area (Å²) in [5, 5.41) is 39.2. The van der Waals surface area contributed by atoms with Crippen LogP contribution in [0.4, 0.5) is 0 Å². The summed E-state index contributed by atoms with van der Waals surface area (Å²) in [6.07, 6.45) is 30.8. The van der Waals surface area contributed by atoms with E-state index >= 15 is 0 Å². The van der Waals surface area contributed by atoms with Crippen LogP contribution in [0, 0.1) is 17.8 Å². The third-order valence-electron chi connectivity index (χ3n) is 12.3. The second-order valence-corrected chi connectivity index (χ2v) is 20.3. The Morgan fingerprint density at radius 2 is 1.17 bits per heavy atom. The zero-order chi connectivity index (χ0) is 47.3. The second-order valence-electron chi connectivity index (χ2n) is 18.8.